The summed E-state index contributed by atoms with van der Waals surface area (Å²) < 4.78 is 144. The third-order valence-corrected chi connectivity index (χ3v) is 6.81. The molecule has 2 N–H and O–H groups in total. The van der Waals surface area contributed by atoms with Gasteiger partial charge in [-0.05, 0) is 60.6 Å². The molecule has 2 aromatic carbocycles. The van der Waals surface area contributed by atoms with Gasteiger partial charge in [-0.1, -0.05) is 26.7 Å². The van der Waals surface area contributed by atoms with Crippen molar-refractivity contribution >= 4 is 16.7 Å². The van der Waals surface area contributed by atoms with Crippen LogP contribution in [0.2, 0.25) is 0 Å². The molecule has 37 heavy (non-hydrogen) atoms. The Hall–Kier alpha value is -3.04. The number of ketones is 1. The predicted molar refractivity (Wildman–Crippen MR) is 131 cm³/mol. The van der Waals surface area contributed by atoms with Gasteiger partial charge in [0.1, 0.15) is 11.6 Å². The van der Waals surface area contributed by atoms with Gasteiger partial charge in [0.2, 0.25) is 0 Å². The van der Waals surface area contributed by atoms with Crippen LogP contribution in [0, 0.1) is 5.82 Å². The third kappa shape index (κ3) is 4.48. The number of rotatable bonds is 9. The molecule has 0 radical (unpaired) electrons. The summed E-state index contributed by atoms with van der Waals surface area (Å²) in [7, 11) is 0. The predicted octanol–water partition coefficient (Wildman–Crippen LogP) is 4.99. The van der Waals surface area contributed by atoms with E-state index in [0.717, 1.165) is 4.57 Å². The Bertz CT molecular complexity index is 1870. The van der Waals surface area contributed by atoms with Gasteiger partial charge in [-0.2, -0.15) is 0 Å². The van der Waals surface area contributed by atoms with Crippen molar-refractivity contribution in [3.05, 3.63) is 58.9 Å². The van der Waals surface area contributed by atoms with Crippen LogP contribution in [0.4, 0.5) is 13.2 Å². The molecule has 0 bridgehead atoms. The maximum Gasteiger partial charge on any atom is 0.586 e. The zero-order valence-corrected chi connectivity index (χ0v) is 19.8. The van der Waals surface area contributed by atoms with Crippen molar-refractivity contribution in [2.75, 3.05) is 6.56 Å². The fourth-order valence-corrected chi connectivity index (χ4v) is 4.36. The van der Waals surface area contributed by atoms with Crippen LogP contribution in [0.5, 0.6) is 11.5 Å². The summed E-state index contributed by atoms with van der Waals surface area (Å²) in [5, 5.41) is 19.7. The number of aromatic nitrogens is 1. The summed E-state index contributed by atoms with van der Waals surface area (Å²) in [6, 6.07) is -4.94. The van der Waals surface area contributed by atoms with Gasteiger partial charge in [0.15, 0.2) is 11.5 Å². The van der Waals surface area contributed by atoms with Gasteiger partial charge in [-0.15, -0.1) is 8.78 Å². The number of ether oxygens (including phenoxy) is 2. The summed E-state index contributed by atoms with van der Waals surface area (Å²) >= 11 is 0. The second-order valence-corrected chi connectivity index (χ2v) is 9.44. The molecule has 198 valence electrons. The van der Waals surface area contributed by atoms with Crippen LogP contribution in [-0.2, 0) is 28.6 Å². The average Bonchev–Trinajstić information content (AvgIpc) is 3.62. The maximum atomic E-state index is 16.1. The third-order valence-electron chi connectivity index (χ3n) is 6.81. The molecule has 1 saturated carbocycles. The van der Waals surface area contributed by atoms with Crippen LogP contribution in [0.3, 0.4) is 0 Å². The number of aliphatic hydroxyl groups excluding tert-OH is 1. The van der Waals surface area contributed by atoms with E-state index in [4.69, 9.17) is 15.1 Å². The Balaban J connectivity index is 1.69. The molecule has 3 aromatic rings. The number of Topliss-reactive ketones (excluding diaryl/α,β-unsaturated/α-hetero) is 1. The van der Waals surface area contributed by atoms with Crippen LogP contribution in [-0.4, -0.2) is 39.5 Å². The largest absolute Gasteiger partial charge is 0.586 e. The van der Waals surface area contributed by atoms with E-state index in [0.29, 0.717) is 0 Å². The number of hydrogen-bond acceptors (Lipinski definition) is 5. The minimum atomic E-state index is -4.23. The lowest BCUT2D eigenvalue weighted by atomic mass is 9.86. The molecule has 2 atom stereocenters. The van der Waals surface area contributed by atoms with Gasteiger partial charge >= 0.3 is 6.29 Å². The summed E-state index contributed by atoms with van der Waals surface area (Å²) in [6.07, 6.45) is -7.68. The van der Waals surface area contributed by atoms with E-state index in [2.05, 4.69) is 9.47 Å². The first kappa shape index (κ1) is 15.4. The Morgan fingerprint density at radius 2 is 2.00 bits per heavy atom. The topological polar surface area (TPSA) is 80.9 Å². The van der Waals surface area contributed by atoms with E-state index in [1.807, 2.05) is 0 Å². The van der Waals surface area contributed by atoms with Crippen molar-refractivity contribution < 1.29 is 52.7 Å². The minimum absolute atomic E-state index is 0.0390. The van der Waals surface area contributed by atoms with Crippen LogP contribution < -0.4 is 9.47 Å². The van der Waals surface area contributed by atoms with E-state index in [9.17, 15) is 23.8 Å². The summed E-state index contributed by atoms with van der Waals surface area (Å²) in [6.45, 7) is -4.32. The molecule has 2 heterocycles. The standard InChI is InChI=1S/C28H30F3NO5/c1-4-26(2,3)24-10-17-9-16(20(29)13-21(17)32(24)14-19(34)15-33)11-25(35)27(7-8-27)18-5-6-22-23(12-18)37-28(30,31)36-22/h5-6,9-10,12-13,19,33-34H,4,7-8,11,14-15H2,1-3H3/t19-/m1/s1/i2D3,5D,6D,9D,10D,12D,13D,15D2/t19-,26?. The first-order chi connectivity index (χ1) is 21.9. The van der Waals surface area contributed by atoms with Crippen LogP contribution in [0.25, 0.3) is 10.9 Å². The monoisotopic (exact) mass is 528 g/mol. The Morgan fingerprint density at radius 3 is 2.65 bits per heavy atom. The van der Waals surface area contributed by atoms with Crippen LogP contribution in [0.1, 0.15) is 71.9 Å². The summed E-state index contributed by atoms with van der Waals surface area (Å²) in [5.74, 6) is -4.05. The van der Waals surface area contributed by atoms with Crippen LogP contribution >= 0.6 is 0 Å². The molecule has 1 aromatic heterocycles. The number of benzene rings is 2. The lowest BCUT2D eigenvalue weighted by Gasteiger charge is -2.26. The zero-order chi connectivity index (χ0) is 36.3. The Labute approximate surface area is 228 Å². The van der Waals surface area contributed by atoms with Gasteiger partial charge < -0.3 is 24.3 Å². The Kier molecular flexibility index (Phi) is 3.65. The molecule has 1 aliphatic carbocycles. The van der Waals surface area contributed by atoms with E-state index in [1.165, 1.54) is 13.8 Å². The molecule has 2 aliphatic rings. The number of hydrogen-bond donors (Lipinski definition) is 2. The number of fused-ring (bicyclic) bond motifs is 2. The highest BCUT2D eigenvalue weighted by Crippen LogP contribution is 2.52. The molecular weight excluding hydrogens is 487 g/mol. The SMILES string of the molecule is [2H]c1c([2H])c(C2(C(=O)Cc3c(F)c([2H])c4c(c3[2H])c([2H])c(C(C)(CC)C([2H])([2H])[2H])n4C[C@@H](O)C([2H])([2H])O)CC2)c([2H])c2c1OC(F)(F)O2. The van der Waals surface area contributed by atoms with Gasteiger partial charge in [0.05, 0.1) is 41.1 Å². The fraction of sp³-hybridized carbons (Fsp3) is 0.464. The number of carbonyl (C=O) groups is 1. The van der Waals surface area contributed by atoms with Gasteiger partial charge in [-0.3, -0.25) is 4.79 Å². The first-order valence-electron chi connectivity index (χ1n) is 17.0. The molecule has 5 rings (SSSR count). The second kappa shape index (κ2) is 8.77. The number of carbonyl (C=O) groups excluding carboxylic acids is 1. The number of nitrogens with zero attached hydrogens (tertiary/aromatic N) is 1. The van der Waals surface area contributed by atoms with Crippen molar-refractivity contribution in [1.29, 1.82) is 0 Å². The fourth-order valence-electron chi connectivity index (χ4n) is 4.36. The molecule has 1 aliphatic heterocycles. The van der Waals surface area contributed by atoms with Crippen molar-refractivity contribution in [3.63, 3.8) is 0 Å². The van der Waals surface area contributed by atoms with Gasteiger partial charge in [0.25, 0.3) is 0 Å². The van der Waals surface area contributed by atoms with E-state index >= 15 is 4.39 Å². The quantitative estimate of drug-likeness (QED) is 0.409. The number of alkyl halides is 2. The average molecular weight is 529 g/mol. The molecule has 6 nitrogen and oxygen atoms in total. The molecule has 0 saturated heterocycles. The van der Waals surface area contributed by atoms with Crippen molar-refractivity contribution in [2.24, 2.45) is 0 Å². The number of aliphatic hydroxyl groups is 2. The van der Waals surface area contributed by atoms with Crippen molar-refractivity contribution in [3.8, 4) is 11.5 Å². The molecular formula is C28H30F3NO5. The van der Waals surface area contributed by atoms with E-state index < -0.39 is 137 Å². The van der Waals surface area contributed by atoms with Gasteiger partial charge in [0, 0.05) is 27.0 Å². The summed E-state index contributed by atoms with van der Waals surface area (Å²) in [5.41, 5.74) is -5.76. The molecule has 0 amide bonds. The first-order valence-corrected chi connectivity index (χ1v) is 11.5. The normalized spacial score (nSPS) is 24.6. The highest BCUT2D eigenvalue weighted by molar-refractivity contribution is 5.95. The lowest BCUT2D eigenvalue weighted by Crippen LogP contribution is -2.26. The maximum absolute atomic E-state index is 16.1. The highest BCUT2D eigenvalue weighted by atomic mass is 19.3. The smallest absolute Gasteiger partial charge is 0.395 e. The molecule has 1 fully saturated rings. The molecule has 0 spiro atoms. The Morgan fingerprint density at radius 1 is 1.27 bits per heavy atom. The lowest BCUT2D eigenvalue weighted by molar-refractivity contribution is -0.286. The summed E-state index contributed by atoms with van der Waals surface area (Å²) in [4.78, 5) is 13.9. The number of halogens is 3. The van der Waals surface area contributed by atoms with Crippen molar-refractivity contribution in [1.82, 2.24) is 4.57 Å². The van der Waals surface area contributed by atoms with E-state index in [-0.39, 0.29) is 19.3 Å². The van der Waals surface area contributed by atoms with Crippen LogP contribution in [0.15, 0.2) is 36.3 Å². The van der Waals surface area contributed by atoms with Gasteiger partial charge in [-0.25, -0.2) is 4.39 Å². The van der Waals surface area contributed by atoms with Crippen molar-refractivity contribution in [2.45, 2.75) is 76.2 Å². The highest BCUT2D eigenvalue weighted by Gasteiger charge is 2.52. The zero-order valence-electron chi connectivity index (χ0n) is 30.8. The minimum Gasteiger partial charge on any atom is -0.395 e. The molecule has 1 unspecified atom stereocenters. The molecule has 9 heteroatoms. The van der Waals surface area contributed by atoms with E-state index in [1.54, 1.807) is 0 Å². The second-order valence-electron chi connectivity index (χ2n) is 9.44.